The first-order chi connectivity index (χ1) is 8.20. The molecule has 2 rings (SSSR count). The zero-order chi connectivity index (χ0) is 12.3. The van der Waals surface area contributed by atoms with Gasteiger partial charge in [-0.1, -0.05) is 0 Å². The van der Waals surface area contributed by atoms with Crippen LogP contribution < -0.4 is 10.6 Å². The molecule has 0 atom stereocenters. The van der Waals surface area contributed by atoms with Crippen molar-refractivity contribution in [3.05, 3.63) is 16.7 Å². The predicted octanol–water partition coefficient (Wildman–Crippen LogP) is 2.43. The minimum Gasteiger partial charge on any atom is -0.396 e. The Hall–Kier alpha value is -0.810. The lowest BCUT2D eigenvalue weighted by Crippen LogP contribution is -2.37. The molecule has 5 heteroatoms. The number of piperidine rings is 1. The van der Waals surface area contributed by atoms with Crippen LogP contribution in [-0.4, -0.2) is 30.8 Å². The van der Waals surface area contributed by atoms with Gasteiger partial charge >= 0.3 is 0 Å². The third-order valence-corrected chi connectivity index (χ3v) is 3.44. The van der Waals surface area contributed by atoms with Gasteiger partial charge in [0.05, 0.1) is 11.8 Å². The van der Waals surface area contributed by atoms with Crippen LogP contribution in [0.2, 0.25) is 0 Å². The third kappa shape index (κ3) is 3.10. The van der Waals surface area contributed by atoms with E-state index in [1.165, 1.54) is 0 Å². The Bertz CT molecular complexity index is 378. The van der Waals surface area contributed by atoms with Crippen molar-refractivity contribution in [3.63, 3.8) is 0 Å². The zero-order valence-electron chi connectivity index (χ0n) is 10.0. The van der Waals surface area contributed by atoms with E-state index < -0.39 is 0 Å². The summed E-state index contributed by atoms with van der Waals surface area (Å²) in [6.07, 6.45) is 4.28. The maximum atomic E-state index is 5.98. The molecule has 0 spiro atoms. The molecule has 2 heterocycles. The summed E-state index contributed by atoms with van der Waals surface area (Å²) < 4.78 is 6.55. The van der Waals surface area contributed by atoms with Gasteiger partial charge in [0.1, 0.15) is 0 Å². The maximum absolute atomic E-state index is 5.98. The number of hydrogen-bond acceptors (Lipinski definition) is 4. The van der Waals surface area contributed by atoms with E-state index in [4.69, 9.17) is 10.5 Å². The molecule has 1 fully saturated rings. The molecule has 0 aromatic carbocycles. The molecular weight excluding hydrogens is 282 g/mol. The SMILES string of the molecule is CCOC1CCN(c2ncc(Br)cc2N)CC1. The van der Waals surface area contributed by atoms with Gasteiger partial charge in [0.2, 0.25) is 0 Å². The summed E-state index contributed by atoms with van der Waals surface area (Å²) in [4.78, 5) is 6.62. The van der Waals surface area contributed by atoms with Crippen LogP contribution in [0.5, 0.6) is 0 Å². The first-order valence-corrected chi connectivity index (χ1v) is 6.77. The fourth-order valence-corrected chi connectivity index (χ4v) is 2.53. The number of hydrogen-bond donors (Lipinski definition) is 1. The lowest BCUT2D eigenvalue weighted by atomic mass is 10.1. The highest BCUT2D eigenvalue weighted by Gasteiger charge is 2.21. The lowest BCUT2D eigenvalue weighted by molar-refractivity contribution is 0.0458. The van der Waals surface area contributed by atoms with Gasteiger partial charge in [-0.2, -0.15) is 0 Å². The summed E-state index contributed by atoms with van der Waals surface area (Å²) in [7, 11) is 0. The first kappa shape index (κ1) is 12.6. The molecule has 1 aromatic heterocycles. The van der Waals surface area contributed by atoms with Crippen LogP contribution in [0.25, 0.3) is 0 Å². The van der Waals surface area contributed by atoms with Gasteiger partial charge in [0, 0.05) is 30.4 Å². The van der Waals surface area contributed by atoms with Crippen LogP contribution >= 0.6 is 15.9 Å². The number of anilines is 2. The standard InChI is InChI=1S/C12H18BrN3O/c1-2-17-10-3-5-16(6-4-10)12-11(14)7-9(13)8-15-12/h7-8,10H,2-6,14H2,1H3. The summed E-state index contributed by atoms with van der Waals surface area (Å²) in [6.45, 7) is 4.76. The molecule has 1 aliphatic rings. The van der Waals surface area contributed by atoms with Crippen molar-refractivity contribution in [3.8, 4) is 0 Å². The van der Waals surface area contributed by atoms with Crippen molar-refractivity contribution in [1.82, 2.24) is 4.98 Å². The fraction of sp³-hybridized carbons (Fsp3) is 0.583. The van der Waals surface area contributed by atoms with Crippen molar-refractivity contribution >= 4 is 27.4 Å². The Balaban J connectivity index is 2.00. The largest absolute Gasteiger partial charge is 0.396 e. The maximum Gasteiger partial charge on any atom is 0.151 e. The summed E-state index contributed by atoms with van der Waals surface area (Å²) in [5, 5.41) is 0. The molecule has 0 unspecified atom stereocenters. The predicted molar refractivity (Wildman–Crippen MR) is 73.2 cm³/mol. The molecule has 94 valence electrons. The zero-order valence-corrected chi connectivity index (χ0v) is 11.6. The highest BCUT2D eigenvalue weighted by molar-refractivity contribution is 9.10. The molecular formula is C12H18BrN3O. The molecule has 1 aromatic rings. The lowest BCUT2D eigenvalue weighted by Gasteiger charge is -2.33. The van der Waals surface area contributed by atoms with E-state index in [0.29, 0.717) is 6.10 Å². The minimum atomic E-state index is 0.396. The topological polar surface area (TPSA) is 51.4 Å². The minimum absolute atomic E-state index is 0.396. The van der Waals surface area contributed by atoms with Crippen molar-refractivity contribution < 1.29 is 4.74 Å². The molecule has 0 amide bonds. The van der Waals surface area contributed by atoms with E-state index in [0.717, 1.165) is 48.5 Å². The molecule has 0 aliphatic carbocycles. The van der Waals surface area contributed by atoms with E-state index >= 15 is 0 Å². The number of pyridine rings is 1. The Labute approximate surface area is 110 Å². The molecule has 1 aliphatic heterocycles. The van der Waals surface area contributed by atoms with Gasteiger partial charge in [0.25, 0.3) is 0 Å². The van der Waals surface area contributed by atoms with Gasteiger partial charge in [-0.15, -0.1) is 0 Å². The van der Waals surface area contributed by atoms with E-state index in [1.54, 1.807) is 6.20 Å². The van der Waals surface area contributed by atoms with E-state index in [9.17, 15) is 0 Å². The number of rotatable bonds is 3. The second kappa shape index (κ2) is 5.69. The number of halogens is 1. The number of nitrogens with two attached hydrogens (primary N) is 1. The summed E-state index contributed by atoms with van der Waals surface area (Å²) >= 11 is 3.37. The highest BCUT2D eigenvalue weighted by Crippen LogP contribution is 2.26. The summed E-state index contributed by atoms with van der Waals surface area (Å²) in [6, 6.07) is 1.90. The Morgan fingerprint density at radius 1 is 1.53 bits per heavy atom. The summed E-state index contributed by atoms with van der Waals surface area (Å²) in [5.74, 6) is 0.892. The molecule has 2 N–H and O–H groups in total. The van der Waals surface area contributed by atoms with E-state index in [-0.39, 0.29) is 0 Å². The van der Waals surface area contributed by atoms with Crippen LogP contribution in [-0.2, 0) is 4.74 Å². The smallest absolute Gasteiger partial charge is 0.151 e. The van der Waals surface area contributed by atoms with Gasteiger partial charge in [-0.05, 0) is 41.8 Å². The number of aromatic nitrogens is 1. The van der Waals surface area contributed by atoms with Crippen molar-refractivity contribution in [2.75, 3.05) is 30.3 Å². The number of ether oxygens (including phenoxy) is 1. The van der Waals surface area contributed by atoms with Gasteiger partial charge in [-0.25, -0.2) is 4.98 Å². The first-order valence-electron chi connectivity index (χ1n) is 5.98. The summed E-state index contributed by atoms with van der Waals surface area (Å²) in [5.41, 5.74) is 6.71. The normalized spacial score (nSPS) is 17.4. The second-order valence-electron chi connectivity index (χ2n) is 4.21. The van der Waals surface area contributed by atoms with E-state index in [2.05, 4.69) is 25.8 Å². The average Bonchev–Trinajstić information content (AvgIpc) is 2.31. The highest BCUT2D eigenvalue weighted by atomic mass is 79.9. The monoisotopic (exact) mass is 299 g/mol. The molecule has 4 nitrogen and oxygen atoms in total. The third-order valence-electron chi connectivity index (χ3n) is 3.01. The molecule has 17 heavy (non-hydrogen) atoms. The van der Waals surface area contributed by atoms with Gasteiger partial charge in [-0.3, -0.25) is 0 Å². The van der Waals surface area contributed by atoms with Crippen LogP contribution in [0, 0.1) is 0 Å². The molecule has 0 bridgehead atoms. The quantitative estimate of drug-likeness (QED) is 0.931. The van der Waals surface area contributed by atoms with Crippen molar-refractivity contribution in [2.24, 2.45) is 0 Å². The average molecular weight is 300 g/mol. The van der Waals surface area contributed by atoms with Crippen molar-refractivity contribution in [1.29, 1.82) is 0 Å². The van der Waals surface area contributed by atoms with Crippen LogP contribution in [0.15, 0.2) is 16.7 Å². The Morgan fingerprint density at radius 2 is 2.24 bits per heavy atom. The number of nitrogens with zero attached hydrogens (tertiary/aromatic N) is 2. The Kier molecular flexibility index (Phi) is 4.23. The second-order valence-corrected chi connectivity index (χ2v) is 5.12. The molecule has 0 radical (unpaired) electrons. The Morgan fingerprint density at radius 3 is 2.82 bits per heavy atom. The van der Waals surface area contributed by atoms with Crippen LogP contribution in [0.1, 0.15) is 19.8 Å². The van der Waals surface area contributed by atoms with Crippen molar-refractivity contribution in [2.45, 2.75) is 25.9 Å². The fourth-order valence-electron chi connectivity index (χ4n) is 2.18. The number of nitrogen functional groups attached to an aromatic ring is 1. The molecule has 1 saturated heterocycles. The van der Waals surface area contributed by atoms with Gasteiger partial charge in [0.15, 0.2) is 5.82 Å². The van der Waals surface area contributed by atoms with E-state index in [1.807, 2.05) is 13.0 Å². The van der Waals surface area contributed by atoms with Crippen LogP contribution in [0.3, 0.4) is 0 Å². The van der Waals surface area contributed by atoms with Crippen LogP contribution in [0.4, 0.5) is 11.5 Å². The van der Waals surface area contributed by atoms with Gasteiger partial charge < -0.3 is 15.4 Å². The molecule has 0 saturated carbocycles.